The second-order valence-corrected chi connectivity index (χ2v) is 9.02. The number of amides is 1. The Labute approximate surface area is 238 Å². The fourth-order valence-corrected chi connectivity index (χ4v) is 3.64. The first-order chi connectivity index (χ1) is 19.8. The van der Waals surface area contributed by atoms with Gasteiger partial charge in [0.15, 0.2) is 11.5 Å². The van der Waals surface area contributed by atoms with Crippen molar-refractivity contribution >= 4 is 29.1 Å². The molecule has 3 aromatic rings. The summed E-state index contributed by atoms with van der Waals surface area (Å²) in [6.07, 6.45) is -5.49. The molecular formula is C28H29F4N5O5. The van der Waals surface area contributed by atoms with Crippen LogP contribution in [-0.4, -0.2) is 36.6 Å². The average molecular weight is 592 g/mol. The Morgan fingerprint density at radius 2 is 1.71 bits per heavy atom. The number of benzene rings is 3. The lowest BCUT2D eigenvalue weighted by Gasteiger charge is -2.23. The van der Waals surface area contributed by atoms with Gasteiger partial charge in [0, 0.05) is 11.8 Å². The topological polar surface area (TPSA) is 148 Å². The average Bonchev–Trinajstić information content (AvgIpc) is 2.91. The van der Waals surface area contributed by atoms with Crippen molar-refractivity contribution in [2.24, 2.45) is 5.73 Å². The molecule has 0 spiro atoms. The van der Waals surface area contributed by atoms with E-state index >= 15 is 0 Å². The van der Waals surface area contributed by atoms with Crippen LogP contribution < -0.4 is 36.1 Å². The van der Waals surface area contributed by atoms with Crippen molar-refractivity contribution in [3.8, 4) is 17.2 Å². The molecule has 42 heavy (non-hydrogen) atoms. The highest BCUT2D eigenvalue weighted by molar-refractivity contribution is 5.99. The molecule has 0 aliphatic carbocycles. The Bertz CT molecular complexity index is 1450. The number of esters is 1. The van der Waals surface area contributed by atoms with E-state index in [1.165, 1.54) is 24.3 Å². The molecule has 1 atom stereocenters. The molecule has 0 saturated heterocycles. The quantitative estimate of drug-likeness (QED) is 0.0491. The van der Waals surface area contributed by atoms with Gasteiger partial charge in [-0.2, -0.15) is 13.2 Å². The highest BCUT2D eigenvalue weighted by Crippen LogP contribution is 2.34. The van der Waals surface area contributed by atoms with Crippen LogP contribution in [0.5, 0.6) is 17.2 Å². The van der Waals surface area contributed by atoms with Crippen LogP contribution in [0.4, 0.5) is 28.9 Å². The van der Waals surface area contributed by atoms with E-state index < -0.39 is 41.5 Å². The molecule has 3 rings (SSSR count). The lowest BCUT2D eigenvalue weighted by molar-refractivity contribution is -0.189. The van der Waals surface area contributed by atoms with Gasteiger partial charge >= 0.3 is 12.1 Å². The molecule has 0 radical (unpaired) electrons. The van der Waals surface area contributed by atoms with Crippen molar-refractivity contribution in [2.45, 2.75) is 39.1 Å². The van der Waals surface area contributed by atoms with E-state index in [-0.39, 0.29) is 29.6 Å². The summed E-state index contributed by atoms with van der Waals surface area (Å²) in [4.78, 5) is 24.9. The third-order valence-corrected chi connectivity index (χ3v) is 5.40. The summed E-state index contributed by atoms with van der Waals surface area (Å²) in [6, 6.07) is 12.3. The maximum atomic E-state index is 13.6. The van der Waals surface area contributed by atoms with Gasteiger partial charge in [0.05, 0.1) is 24.0 Å². The Kier molecular flexibility index (Phi) is 10.2. The molecule has 10 nitrogen and oxygen atoms in total. The van der Waals surface area contributed by atoms with E-state index in [1.807, 2.05) is 13.8 Å². The standard InChI is InChI=1S/C28H29F4N5O5/c1-4-40-23-12-16(8-11-21(23)41-15(2)3)24(26(38)37-36-19-7-5-6-17(29)13-19)35-18-9-10-20(25(33)34)22(14-18)42-27(39)28(30,31)32/h5-15,24,35-36H,4H2,1-3H3,(H3,33,34)(H,37,38). The van der Waals surface area contributed by atoms with E-state index in [0.717, 1.165) is 18.2 Å². The summed E-state index contributed by atoms with van der Waals surface area (Å²) < 4.78 is 68.2. The molecule has 0 bridgehead atoms. The molecule has 224 valence electrons. The number of nitrogens with two attached hydrogens (primary N) is 1. The predicted octanol–water partition coefficient (Wildman–Crippen LogP) is 5.06. The van der Waals surface area contributed by atoms with Gasteiger partial charge in [-0.05, 0) is 68.8 Å². The van der Waals surface area contributed by atoms with Gasteiger partial charge in [0.1, 0.15) is 23.4 Å². The molecule has 0 aliphatic rings. The number of hydrazine groups is 1. The number of ether oxygens (including phenoxy) is 3. The molecular weight excluding hydrogens is 562 g/mol. The molecule has 14 heteroatoms. The van der Waals surface area contributed by atoms with Crippen LogP contribution in [0, 0.1) is 11.2 Å². The van der Waals surface area contributed by atoms with Crippen LogP contribution in [0.1, 0.15) is 37.9 Å². The highest BCUT2D eigenvalue weighted by Gasteiger charge is 2.42. The van der Waals surface area contributed by atoms with E-state index in [1.54, 1.807) is 25.1 Å². The summed E-state index contributed by atoms with van der Waals surface area (Å²) in [5.41, 5.74) is 10.9. The van der Waals surface area contributed by atoms with Gasteiger partial charge in [0.25, 0.3) is 5.91 Å². The van der Waals surface area contributed by atoms with E-state index in [9.17, 15) is 27.2 Å². The zero-order valence-electron chi connectivity index (χ0n) is 22.8. The molecule has 6 N–H and O–H groups in total. The largest absolute Gasteiger partial charge is 0.491 e. The number of rotatable bonds is 12. The van der Waals surface area contributed by atoms with Gasteiger partial charge in [-0.25, -0.2) is 9.18 Å². The maximum Gasteiger partial charge on any atom is 0.491 e. The number of halogens is 4. The van der Waals surface area contributed by atoms with Crippen molar-refractivity contribution < 1.29 is 41.4 Å². The highest BCUT2D eigenvalue weighted by atomic mass is 19.4. The van der Waals surface area contributed by atoms with Crippen LogP contribution in [0.25, 0.3) is 0 Å². The number of hydrogen-bond acceptors (Lipinski definition) is 8. The van der Waals surface area contributed by atoms with E-state index in [0.29, 0.717) is 17.1 Å². The summed E-state index contributed by atoms with van der Waals surface area (Å²) in [5.74, 6) is -4.31. The Morgan fingerprint density at radius 1 is 0.976 bits per heavy atom. The minimum absolute atomic E-state index is 0.0383. The van der Waals surface area contributed by atoms with Crippen molar-refractivity contribution in [2.75, 3.05) is 17.3 Å². The molecule has 0 saturated carbocycles. The van der Waals surface area contributed by atoms with Crippen LogP contribution in [-0.2, 0) is 9.59 Å². The van der Waals surface area contributed by atoms with Crippen LogP contribution in [0.3, 0.4) is 0 Å². The SMILES string of the molecule is CCOc1cc(C(Nc2ccc(C(=N)N)c(OC(=O)C(F)(F)F)c2)C(=O)NNc2cccc(F)c2)ccc1OC(C)C. The molecule has 0 aliphatic heterocycles. The van der Waals surface area contributed by atoms with Gasteiger partial charge in [-0.15, -0.1) is 0 Å². The summed E-state index contributed by atoms with van der Waals surface area (Å²) in [6.45, 7) is 5.70. The van der Waals surface area contributed by atoms with Crippen LogP contribution in [0.15, 0.2) is 60.7 Å². The Morgan fingerprint density at radius 3 is 2.33 bits per heavy atom. The fraction of sp³-hybridized carbons (Fsp3) is 0.250. The number of alkyl halides is 3. The lowest BCUT2D eigenvalue weighted by Crippen LogP contribution is -2.37. The predicted molar refractivity (Wildman–Crippen MR) is 147 cm³/mol. The van der Waals surface area contributed by atoms with Crippen molar-refractivity contribution in [1.82, 2.24) is 5.43 Å². The normalized spacial score (nSPS) is 11.8. The first-order valence-corrected chi connectivity index (χ1v) is 12.6. The Balaban J connectivity index is 2.01. The maximum absolute atomic E-state index is 13.6. The minimum Gasteiger partial charge on any atom is -0.490 e. The van der Waals surface area contributed by atoms with Crippen LogP contribution >= 0.6 is 0 Å². The first kappa shape index (κ1) is 31.5. The van der Waals surface area contributed by atoms with E-state index in [4.69, 9.17) is 20.6 Å². The smallest absolute Gasteiger partial charge is 0.490 e. The molecule has 0 heterocycles. The Hall–Kier alpha value is -5.01. The molecule has 0 aromatic heterocycles. The zero-order valence-corrected chi connectivity index (χ0v) is 22.8. The second kappa shape index (κ2) is 13.6. The van der Waals surface area contributed by atoms with Gasteiger partial charge in [-0.1, -0.05) is 12.1 Å². The summed E-state index contributed by atoms with van der Waals surface area (Å²) in [5, 5.41) is 10.5. The fourth-order valence-electron chi connectivity index (χ4n) is 3.64. The molecule has 0 fully saturated rings. The van der Waals surface area contributed by atoms with Crippen molar-refractivity contribution in [1.29, 1.82) is 5.41 Å². The number of carbonyl (C=O) groups excluding carboxylic acids is 2. The zero-order chi connectivity index (χ0) is 31.0. The van der Waals surface area contributed by atoms with Gasteiger partial charge in [0.2, 0.25) is 0 Å². The second-order valence-electron chi connectivity index (χ2n) is 9.02. The monoisotopic (exact) mass is 591 g/mol. The molecule has 1 amide bonds. The summed E-state index contributed by atoms with van der Waals surface area (Å²) in [7, 11) is 0. The van der Waals surface area contributed by atoms with Crippen LogP contribution in [0.2, 0.25) is 0 Å². The number of anilines is 2. The number of amidine groups is 1. The lowest BCUT2D eigenvalue weighted by atomic mass is 10.0. The number of nitrogens with one attached hydrogen (secondary N) is 4. The molecule has 1 unspecified atom stereocenters. The van der Waals surface area contributed by atoms with E-state index in [2.05, 4.69) is 20.9 Å². The summed E-state index contributed by atoms with van der Waals surface area (Å²) >= 11 is 0. The van der Waals surface area contributed by atoms with Crippen molar-refractivity contribution in [3.05, 3.63) is 77.6 Å². The number of nitrogen functional groups attached to an aromatic ring is 1. The van der Waals surface area contributed by atoms with Gasteiger partial charge in [-0.3, -0.25) is 21.1 Å². The van der Waals surface area contributed by atoms with Gasteiger partial charge < -0.3 is 25.3 Å². The minimum atomic E-state index is -5.31. The number of carbonyl (C=O) groups is 2. The molecule has 3 aromatic carbocycles. The van der Waals surface area contributed by atoms with Crippen molar-refractivity contribution in [3.63, 3.8) is 0 Å². The first-order valence-electron chi connectivity index (χ1n) is 12.6. The number of hydrogen-bond donors (Lipinski definition) is 5. The third-order valence-electron chi connectivity index (χ3n) is 5.40. The third kappa shape index (κ3) is 8.49.